The fraction of sp³-hybridized carbons (Fsp3) is 0.500. The lowest BCUT2D eigenvalue weighted by atomic mass is 10.0. The Labute approximate surface area is 121 Å². The van der Waals surface area contributed by atoms with E-state index in [1.807, 2.05) is 13.8 Å². The van der Waals surface area contributed by atoms with Gasteiger partial charge in [0.05, 0.1) is 18.4 Å². The summed E-state index contributed by atoms with van der Waals surface area (Å²) in [6.07, 6.45) is -4.63. The van der Waals surface area contributed by atoms with Gasteiger partial charge in [-0.1, -0.05) is 13.8 Å². The topological polar surface area (TPSA) is 64.3 Å². The molecule has 0 spiro atoms. The largest absolute Gasteiger partial charge is 0.497 e. The molecule has 1 amide bonds. The zero-order valence-electron chi connectivity index (χ0n) is 12.1. The van der Waals surface area contributed by atoms with Crippen molar-refractivity contribution < 1.29 is 22.7 Å². The van der Waals surface area contributed by atoms with Crippen LogP contribution in [-0.2, 0) is 11.0 Å². The number of nitrogens with one attached hydrogen (secondary N) is 1. The van der Waals surface area contributed by atoms with Crippen molar-refractivity contribution in [3.8, 4) is 5.75 Å². The van der Waals surface area contributed by atoms with Crippen LogP contribution < -0.4 is 15.8 Å². The molecular formula is C14H19F3N2O2. The van der Waals surface area contributed by atoms with Crippen LogP contribution in [0.2, 0.25) is 0 Å². The second-order valence-corrected chi connectivity index (χ2v) is 5.07. The standard InChI is InChI=1S/C14H19F3N2O2/c1-8(2)11(18)7-13(20)19-12-5-4-9(21-3)6-10(12)14(15,16)17/h4-6,8,11H,7,18H2,1-3H3,(H,19,20). The first-order valence-corrected chi connectivity index (χ1v) is 6.45. The molecule has 0 saturated heterocycles. The Hall–Kier alpha value is -1.76. The molecule has 0 heterocycles. The van der Waals surface area contributed by atoms with Gasteiger partial charge in [0.25, 0.3) is 0 Å². The highest BCUT2D eigenvalue weighted by Gasteiger charge is 2.34. The number of halogens is 3. The number of methoxy groups -OCH3 is 1. The Bertz CT molecular complexity index is 501. The maximum absolute atomic E-state index is 13.0. The van der Waals surface area contributed by atoms with Crippen molar-refractivity contribution in [1.82, 2.24) is 0 Å². The fourth-order valence-corrected chi connectivity index (χ4v) is 1.64. The molecule has 1 aromatic carbocycles. The Balaban J connectivity index is 2.95. The number of carbonyl (C=O) groups excluding carboxylic acids is 1. The minimum atomic E-state index is -4.59. The van der Waals surface area contributed by atoms with Crippen LogP contribution in [0.25, 0.3) is 0 Å². The first-order chi connectivity index (χ1) is 9.65. The Kier molecular flexibility index (Phi) is 5.60. The number of hydrogen-bond donors (Lipinski definition) is 2. The van der Waals surface area contributed by atoms with E-state index >= 15 is 0 Å². The monoisotopic (exact) mass is 304 g/mol. The first-order valence-electron chi connectivity index (χ1n) is 6.45. The van der Waals surface area contributed by atoms with Gasteiger partial charge in [-0.2, -0.15) is 13.2 Å². The summed E-state index contributed by atoms with van der Waals surface area (Å²) >= 11 is 0. The average molecular weight is 304 g/mol. The number of benzene rings is 1. The molecule has 21 heavy (non-hydrogen) atoms. The Morgan fingerprint density at radius 2 is 2.00 bits per heavy atom. The summed E-state index contributed by atoms with van der Waals surface area (Å²) in [7, 11) is 1.27. The third-order valence-electron chi connectivity index (χ3n) is 3.08. The van der Waals surface area contributed by atoms with Gasteiger partial charge in [0, 0.05) is 12.5 Å². The van der Waals surface area contributed by atoms with Crippen molar-refractivity contribution in [2.75, 3.05) is 12.4 Å². The van der Waals surface area contributed by atoms with Gasteiger partial charge in [-0.15, -0.1) is 0 Å². The van der Waals surface area contributed by atoms with E-state index in [1.54, 1.807) is 0 Å². The molecule has 7 heteroatoms. The third-order valence-corrected chi connectivity index (χ3v) is 3.08. The quantitative estimate of drug-likeness (QED) is 0.879. The van der Waals surface area contributed by atoms with Crippen LogP contribution in [-0.4, -0.2) is 19.1 Å². The van der Waals surface area contributed by atoms with Crippen LogP contribution in [0.1, 0.15) is 25.8 Å². The molecule has 4 nitrogen and oxygen atoms in total. The lowest BCUT2D eigenvalue weighted by Gasteiger charge is -2.18. The predicted molar refractivity (Wildman–Crippen MR) is 74.1 cm³/mol. The number of amides is 1. The van der Waals surface area contributed by atoms with Crippen LogP contribution >= 0.6 is 0 Å². The van der Waals surface area contributed by atoms with E-state index in [0.29, 0.717) is 0 Å². The van der Waals surface area contributed by atoms with Crippen molar-refractivity contribution in [2.24, 2.45) is 11.7 Å². The van der Waals surface area contributed by atoms with E-state index in [4.69, 9.17) is 10.5 Å². The maximum atomic E-state index is 13.0. The Morgan fingerprint density at radius 3 is 2.48 bits per heavy atom. The number of nitrogens with two attached hydrogens (primary N) is 1. The highest BCUT2D eigenvalue weighted by molar-refractivity contribution is 5.92. The SMILES string of the molecule is COc1ccc(NC(=O)CC(N)C(C)C)c(C(F)(F)F)c1. The van der Waals surface area contributed by atoms with E-state index in [2.05, 4.69) is 5.32 Å². The molecule has 0 aromatic heterocycles. The van der Waals surface area contributed by atoms with Crippen molar-refractivity contribution in [3.05, 3.63) is 23.8 Å². The number of rotatable bonds is 5. The summed E-state index contributed by atoms with van der Waals surface area (Å²) in [6, 6.07) is 2.96. The van der Waals surface area contributed by atoms with Crippen molar-refractivity contribution in [2.45, 2.75) is 32.5 Å². The normalized spacial score (nSPS) is 13.1. The van der Waals surface area contributed by atoms with Gasteiger partial charge in [0.1, 0.15) is 5.75 Å². The van der Waals surface area contributed by atoms with Gasteiger partial charge in [-0.05, 0) is 24.1 Å². The molecule has 1 rings (SSSR count). The molecule has 0 fully saturated rings. The third kappa shape index (κ3) is 4.93. The second kappa shape index (κ2) is 6.80. The van der Waals surface area contributed by atoms with Gasteiger partial charge in [0.2, 0.25) is 5.91 Å². The van der Waals surface area contributed by atoms with Crippen LogP contribution in [0.5, 0.6) is 5.75 Å². The molecular weight excluding hydrogens is 285 g/mol. The number of anilines is 1. The van der Waals surface area contributed by atoms with Crippen molar-refractivity contribution >= 4 is 11.6 Å². The van der Waals surface area contributed by atoms with Gasteiger partial charge < -0.3 is 15.8 Å². The van der Waals surface area contributed by atoms with Gasteiger partial charge in [-0.25, -0.2) is 0 Å². The number of hydrogen-bond acceptors (Lipinski definition) is 3. The van der Waals surface area contributed by atoms with Crippen LogP contribution in [0.4, 0.5) is 18.9 Å². The number of ether oxygens (including phenoxy) is 1. The molecule has 0 bridgehead atoms. The number of alkyl halides is 3. The minimum Gasteiger partial charge on any atom is -0.497 e. The minimum absolute atomic E-state index is 0.0407. The molecule has 0 radical (unpaired) electrons. The molecule has 118 valence electrons. The molecule has 1 atom stereocenters. The van der Waals surface area contributed by atoms with Crippen LogP contribution in [0.3, 0.4) is 0 Å². The van der Waals surface area contributed by atoms with E-state index in [0.717, 1.165) is 6.07 Å². The van der Waals surface area contributed by atoms with Crippen LogP contribution in [0.15, 0.2) is 18.2 Å². The highest BCUT2D eigenvalue weighted by Crippen LogP contribution is 2.37. The summed E-state index contributed by atoms with van der Waals surface area (Å²) in [5, 5.41) is 2.26. The lowest BCUT2D eigenvalue weighted by molar-refractivity contribution is -0.137. The second-order valence-electron chi connectivity index (χ2n) is 5.07. The van der Waals surface area contributed by atoms with Gasteiger partial charge >= 0.3 is 6.18 Å². The lowest BCUT2D eigenvalue weighted by Crippen LogP contribution is -2.31. The highest BCUT2D eigenvalue weighted by atomic mass is 19.4. The molecule has 0 aliphatic heterocycles. The summed E-state index contributed by atoms with van der Waals surface area (Å²) in [5.41, 5.74) is 4.49. The van der Waals surface area contributed by atoms with Crippen molar-refractivity contribution in [3.63, 3.8) is 0 Å². The van der Waals surface area contributed by atoms with E-state index in [1.165, 1.54) is 19.2 Å². The van der Waals surface area contributed by atoms with Gasteiger partial charge in [-0.3, -0.25) is 4.79 Å². The fourth-order valence-electron chi connectivity index (χ4n) is 1.64. The molecule has 1 unspecified atom stereocenters. The molecule has 0 saturated carbocycles. The smallest absolute Gasteiger partial charge is 0.418 e. The first kappa shape index (κ1) is 17.3. The molecule has 0 aliphatic rings. The molecule has 1 aromatic rings. The molecule has 3 N–H and O–H groups in total. The zero-order chi connectivity index (χ0) is 16.2. The Morgan fingerprint density at radius 1 is 1.38 bits per heavy atom. The van der Waals surface area contributed by atoms with Gasteiger partial charge in [0.15, 0.2) is 0 Å². The van der Waals surface area contributed by atoms with E-state index < -0.39 is 23.7 Å². The summed E-state index contributed by atoms with van der Waals surface area (Å²) in [6.45, 7) is 3.68. The summed E-state index contributed by atoms with van der Waals surface area (Å²) in [5.74, 6) is -0.417. The van der Waals surface area contributed by atoms with Crippen LogP contribution in [0, 0.1) is 5.92 Å². The van der Waals surface area contributed by atoms with Crippen molar-refractivity contribution in [1.29, 1.82) is 0 Å². The number of carbonyl (C=O) groups is 1. The zero-order valence-corrected chi connectivity index (χ0v) is 12.1. The predicted octanol–water partition coefficient (Wildman–Crippen LogP) is 3.03. The maximum Gasteiger partial charge on any atom is 0.418 e. The molecule has 0 aliphatic carbocycles. The average Bonchev–Trinajstić information content (AvgIpc) is 2.37. The van der Waals surface area contributed by atoms with E-state index in [9.17, 15) is 18.0 Å². The van der Waals surface area contributed by atoms with E-state index in [-0.39, 0.29) is 23.8 Å². The summed E-state index contributed by atoms with van der Waals surface area (Å²) < 4.78 is 43.7. The summed E-state index contributed by atoms with van der Waals surface area (Å²) in [4.78, 5) is 11.8.